The number of aliphatic hydroxyl groups excluding tert-OH is 1. The molecule has 1 aliphatic carbocycles. The van der Waals surface area contributed by atoms with E-state index in [9.17, 15) is 5.11 Å². The number of nitrogens with one attached hydrogen (secondary N) is 1. The molecule has 0 amide bonds. The Balaban J connectivity index is 1.61. The lowest BCUT2D eigenvalue weighted by Gasteiger charge is -2.37. The van der Waals surface area contributed by atoms with Gasteiger partial charge in [0.1, 0.15) is 0 Å². The van der Waals surface area contributed by atoms with Crippen molar-refractivity contribution >= 4 is 5.69 Å². The van der Waals surface area contributed by atoms with Gasteiger partial charge in [0.05, 0.1) is 6.10 Å². The molecule has 3 rings (SSSR count). The Morgan fingerprint density at radius 2 is 1.71 bits per heavy atom. The summed E-state index contributed by atoms with van der Waals surface area (Å²) in [5.74, 6) is 0.668. The maximum Gasteiger partial charge on any atom is 0.0781 e. The van der Waals surface area contributed by atoms with Crippen molar-refractivity contribution in [2.24, 2.45) is 0 Å². The number of hydrogen-bond acceptors (Lipinski definition) is 2. The molecule has 0 saturated heterocycles. The summed E-state index contributed by atoms with van der Waals surface area (Å²) in [5.41, 5.74) is 4.82. The normalized spacial score (nSPS) is 22.4. The molecule has 21 heavy (non-hydrogen) atoms. The van der Waals surface area contributed by atoms with Crippen LogP contribution in [0.5, 0.6) is 0 Å². The van der Waals surface area contributed by atoms with E-state index in [2.05, 4.69) is 42.6 Å². The molecule has 0 aromatic heterocycles. The van der Waals surface area contributed by atoms with Gasteiger partial charge in [0.25, 0.3) is 0 Å². The van der Waals surface area contributed by atoms with Crippen molar-refractivity contribution in [2.45, 2.75) is 44.8 Å². The number of aryl methyl sites for hydroxylation is 1. The summed E-state index contributed by atoms with van der Waals surface area (Å²) in [6.45, 7) is 3.94. The number of hydrogen-bond donors (Lipinski definition) is 2. The van der Waals surface area contributed by atoms with E-state index in [0.717, 1.165) is 24.1 Å². The fourth-order valence-electron chi connectivity index (χ4n) is 3.06. The van der Waals surface area contributed by atoms with E-state index in [0.29, 0.717) is 12.0 Å². The standard InChI is InChI=1S/C19H23NO/c1-13-7-9-15(10-8-13)16-11-17(12-16)20-19-6-4-3-5-18(19)14(2)21/h3-10,14,16-17,20-21H,11-12H2,1-2H3. The van der Waals surface area contributed by atoms with Crippen molar-refractivity contribution < 1.29 is 5.11 Å². The second-order valence-electron chi connectivity index (χ2n) is 6.18. The zero-order valence-electron chi connectivity index (χ0n) is 12.7. The van der Waals surface area contributed by atoms with E-state index in [4.69, 9.17) is 0 Å². The lowest BCUT2D eigenvalue weighted by Crippen LogP contribution is -2.34. The Bertz CT molecular complexity index is 597. The van der Waals surface area contributed by atoms with Crippen LogP contribution in [0, 0.1) is 6.92 Å². The lowest BCUT2D eigenvalue weighted by atomic mass is 9.75. The van der Waals surface area contributed by atoms with Crippen LogP contribution in [0.3, 0.4) is 0 Å². The van der Waals surface area contributed by atoms with E-state index in [1.54, 1.807) is 0 Å². The topological polar surface area (TPSA) is 32.3 Å². The van der Waals surface area contributed by atoms with Gasteiger partial charge in [-0.25, -0.2) is 0 Å². The lowest BCUT2D eigenvalue weighted by molar-refractivity contribution is 0.199. The SMILES string of the molecule is Cc1ccc(C2CC(Nc3ccccc3C(C)O)C2)cc1. The summed E-state index contributed by atoms with van der Waals surface area (Å²) >= 11 is 0. The molecule has 2 N–H and O–H groups in total. The number of benzene rings is 2. The molecule has 0 heterocycles. The second-order valence-corrected chi connectivity index (χ2v) is 6.18. The number of para-hydroxylation sites is 1. The minimum absolute atomic E-state index is 0.429. The van der Waals surface area contributed by atoms with E-state index < -0.39 is 6.10 Å². The number of anilines is 1. The van der Waals surface area contributed by atoms with Crippen LogP contribution in [-0.2, 0) is 0 Å². The zero-order chi connectivity index (χ0) is 14.8. The van der Waals surface area contributed by atoms with Crippen LogP contribution in [0.1, 0.15) is 48.5 Å². The minimum Gasteiger partial charge on any atom is -0.389 e. The average Bonchev–Trinajstić information content (AvgIpc) is 2.44. The van der Waals surface area contributed by atoms with Crippen molar-refractivity contribution in [1.29, 1.82) is 0 Å². The molecule has 2 nitrogen and oxygen atoms in total. The van der Waals surface area contributed by atoms with E-state index in [1.165, 1.54) is 11.1 Å². The smallest absolute Gasteiger partial charge is 0.0781 e. The second kappa shape index (κ2) is 5.90. The number of rotatable bonds is 4. The first-order valence-electron chi connectivity index (χ1n) is 7.73. The minimum atomic E-state index is -0.429. The zero-order valence-corrected chi connectivity index (χ0v) is 12.7. The Kier molecular flexibility index (Phi) is 3.98. The third kappa shape index (κ3) is 3.11. The molecular weight excluding hydrogens is 258 g/mol. The van der Waals surface area contributed by atoms with Crippen molar-refractivity contribution in [3.8, 4) is 0 Å². The Morgan fingerprint density at radius 1 is 1.05 bits per heavy atom. The monoisotopic (exact) mass is 281 g/mol. The average molecular weight is 281 g/mol. The van der Waals surface area contributed by atoms with Gasteiger partial charge in [-0.3, -0.25) is 0 Å². The summed E-state index contributed by atoms with van der Waals surface area (Å²) < 4.78 is 0. The maximum absolute atomic E-state index is 9.82. The van der Waals surface area contributed by atoms with Gasteiger partial charge in [-0.1, -0.05) is 48.0 Å². The van der Waals surface area contributed by atoms with E-state index in [-0.39, 0.29) is 0 Å². The first-order chi connectivity index (χ1) is 10.1. The quantitative estimate of drug-likeness (QED) is 0.870. The van der Waals surface area contributed by atoms with Gasteiger partial charge in [0, 0.05) is 17.3 Å². The molecule has 1 saturated carbocycles. The largest absolute Gasteiger partial charge is 0.389 e. The maximum atomic E-state index is 9.82. The summed E-state index contributed by atoms with van der Waals surface area (Å²) in [6.07, 6.45) is 1.90. The first-order valence-corrected chi connectivity index (χ1v) is 7.73. The molecule has 0 bridgehead atoms. The summed E-state index contributed by atoms with van der Waals surface area (Å²) in [4.78, 5) is 0. The third-order valence-corrected chi connectivity index (χ3v) is 4.46. The molecule has 1 aliphatic rings. The molecule has 110 valence electrons. The highest BCUT2D eigenvalue weighted by molar-refractivity contribution is 5.53. The van der Waals surface area contributed by atoms with Crippen molar-refractivity contribution in [3.63, 3.8) is 0 Å². The van der Waals surface area contributed by atoms with Gasteiger partial charge in [0.2, 0.25) is 0 Å². The van der Waals surface area contributed by atoms with Gasteiger partial charge in [0.15, 0.2) is 0 Å². The Morgan fingerprint density at radius 3 is 2.38 bits per heavy atom. The van der Waals surface area contributed by atoms with Crippen LogP contribution in [0.25, 0.3) is 0 Å². The van der Waals surface area contributed by atoms with E-state index >= 15 is 0 Å². The van der Waals surface area contributed by atoms with Crippen molar-refractivity contribution in [2.75, 3.05) is 5.32 Å². The molecule has 0 spiro atoms. The molecule has 2 aromatic rings. The summed E-state index contributed by atoms with van der Waals surface area (Å²) in [7, 11) is 0. The molecule has 1 fully saturated rings. The predicted molar refractivity (Wildman–Crippen MR) is 87.6 cm³/mol. The molecule has 2 aromatic carbocycles. The van der Waals surface area contributed by atoms with Crippen LogP contribution in [0.2, 0.25) is 0 Å². The molecule has 2 heteroatoms. The number of aliphatic hydroxyl groups is 1. The molecule has 1 unspecified atom stereocenters. The predicted octanol–water partition coefficient (Wildman–Crippen LogP) is 4.41. The highest BCUT2D eigenvalue weighted by atomic mass is 16.3. The van der Waals surface area contributed by atoms with Gasteiger partial charge < -0.3 is 10.4 Å². The highest BCUT2D eigenvalue weighted by Crippen LogP contribution is 2.39. The van der Waals surface area contributed by atoms with Crippen LogP contribution < -0.4 is 5.32 Å². The van der Waals surface area contributed by atoms with Gasteiger partial charge >= 0.3 is 0 Å². The third-order valence-electron chi connectivity index (χ3n) is 4.46. The van der Waals surface area contributed by atoms with Gasteiger partial charge in [-0.2, -0.15) is 0 Å². The van der Waals surface area contributed by atoms with Crippen LogP contribution in [-0.4, -0.2) is 11.1 Å². The van der Waals surface area contributed by atoms with Crippen molar-refractivity contribution in [3.05, 3.63) is 65.2 Å². The Labute approximate surface area is 126 Å². The molecular formula is C19H23NO. The van der Waals surface area contributed by atoms with Crippen LogP contribution in [0.4, 0.5) is 5.69 Å². The fraction of sp³-hybridized carbons (Fsp3) is 0.368. The highest BCUT2D eigenvalue weighted by Gasteiger charge is 2.30. The first kappa shape index (κ1) is 14.2. The molecule has 0 aliphatic heterocycles. The van der Waals surface area contributed by atoms with Crippen LogP contribution >= 0.6 is 0 Å². The fourth-order valence-corrected chi connectivity index (χ4v) is 3.06. The van der Waals surface area contributed by atoms with Gasteiger partial charge in [-0.05, 0) is 44.2 Å². The van der Waals surface area contributed by atoms with E-state index in [1.807, 2.05) is 25.1 Å². The van der Waals surface area contributed by atoms with Crippen LogP contribution in [0.15, 0.2) is 48.5 Å². The van der Waals surface area contributed by atoms with Gasteiger partial charge in [-0.15, -0.1) is 0 Å². The Hall–Kier alpha value is -1.80. The molecule has 0 radical (unpaired) electrons. The molecule has 1 atom stereocenters. The summed E-state index contributed by atoms with van der Waals surface area (Å²) in [5, 5.41) is 13.4. The summed E-state index contributed by atoms with van der Waals surface area (Å²) in [6, 6.07) is 17.4. The van der Waals surface area contributed by atoms with Crippen molar-refractivity contribution in [1.82, 2.24) is 0 Å².